The fraction of sp³-hybridized carbons (Fsp3) is 0.409. The first-order chi connectivity index (χ1) is 13.2. The summed E-state index contributed by atoms with van der Waals surface area (Å²) in [6.07, 6.45) is 6.16. The molecule has 144 valence electrons. The number of para-hydroxylation sites is 2. The van der Waals surface area contributed by atoms with E-state index in [1.165, 1.54) is 25.7 Å². The minimum absolute atomic E-state index is 0.0133. The molecule has 0 aliphatic heterocycles. The molecule has 0 radical (unpaired) electrons. The van der Waals surface area contributed by atoms with Crippen molar-refractivity contribution in [2.45, 2.75) is 48.7 Å². The number of benzene rings is 2. The van der Waals surface area contributed by atoms with Gasteiger partial charge in [0.05, 0.1) is 19.9 Å². The highest BCUT2D eigenvalue weighted by atomic mass is 32.2. The Bertz CT molecular complexity index is 772. The van der Waals surface area contributed by atoms with Crippen molar-refractivity contribution in [2.24, 2.45) is 0 Å². The molecule has 1 amide bonds. The molecule has 1 N–H and O–H groups in total. The highest BCUT2D eigenvalue weighted by Crippen LogP contribution is 2.38. The Balaban J connectivity index is 1.62. The zero-order valence-corrected chi connectivity index (χ0v) is 16.8. The number of anilines is 1. The van der Waals surface area contributed by atoms with Crippen LogP contribution in [0.2, 0.25) is 0 Å². The van der Waals surface area contributed by atoms with Crippen LogP contribution in [0.1, 0.15) is 37.7 Å². The second kappa shape index (κ2) is 9.70. The summed E-state index contributed by atoms with van der Waals surface area (Å²) in [4.78, 5) is 13.7. The minimum Gasteiger partial charge on any atom is -0.493 e. The Morgan fingerprint density at radius 1 is 1.07 bits per heavy atom. The number of thioether (sulfide) groups is 1. The quantitative estimate of drug-likeness (QED) is 0.669. The molecule has 0 unspecified atom stereocenters. The van der Waals surface area contributed by atoms with Gasteiger partial charge in [-0.25, -0.2) is 0 Å². The van der Waals surface area contributed by atoms with Crippen molar-refractivity contribution >= 4 is 23.4 Å². The summed E-state index contributed by atoms with van der Waals surface area (Å²) in [6.45, 7) is 0. The van der Waals surface area contributed by atoms with Crippen LogP contribution in [-0.4, -0.2) is 25.4 Å². The van der Waals surface area contributed by atoms with Gasteiger partial charge in [-0.2, -0.15) is 0 Å². The monoisotopic (exact) mass is 385 g/mol. The molecule has 0 bridgehead atoms. The summed E-state index contributed by atoms with van der Waals surface area (Å²) in [5.74, 6) is 1.40. The molecular weight excluding hydrogens is 358 g/mol. The van der Waals surface area contributed by atoms with Crippen LogP contribution in [0.4, 0.5) is 5.69 Å². The van der Waals surface area contributed by atoms with Gasteiger partial charge in [0.1, 0.15) is 0 Å². The number of carbonyl (C=O) groups is 1. The molecule has 3 rings (SSSR count). The molecule has 1 saturated carbocycles. The van der Waals surface area contributed by atoms with Crippen molar-refractivity contribution in [3.05, 3.63) is 48.0 Å². The molecule has 1 fully saturated rings. The van der Waals surface area contributed by atoms with Gasteiger partial charge in [-0.05, 0) is 43.0 Å². The number of hydrogen-bond donors (Lipinski definition) is 1. The highest BCUT2D eigenvalue weighted by molar-refractivity contribution is 8.00. The minimum atomic E-state index is 0.0133. The third-order valence-electron chi connectivity index (χ3n) is 4.86. The Morgan fingerprint density at radius 3 is 2.59 bits per heavy atom. The van der Waals surface area contributed by atoms with E-state index >= 15 is 0 Å². The van der Waals surface area contributed by atoms with Gasteiger partial charge in [-0.3, -0.25) is 4.79 Å². The number of nitrogens with one attached hydrogen (secondary N) is 1. The van der Waals surface area contributed by atoms with Crippen LogP contribution in [0, 0.1) is 0 Å². The molecule has 0 heterocycles. The van der Waals surface area contributed by atoms with E-state index in [4.69, 9.17) is 9.47 Å². The van der Waals surface area contributed by atoms with E-state index in [0.29, 0.717) is 29.6 Å². The van der Waals surface area contributed by atoms with Crippen LogP contribution in [0.25, 0.3) is 0 Å². The molecule has 5 heteroatoms. The van der Waals surface area contributed by atoms with Crippen LogP contribution >= 0.6 is 11.8 Å². The lowest BCUT2D eigenvalue weighted by Gasteiger charge is -2.15. The van der Waals surface area contributed by atoms with Gasteiger partial charge in [0.25, 0.3) is 0 Å². The molecular formula is C22H27NO3S. The highest BCUT2D eigenvalue weighted by Gasteiger charge is 2.18. The van der Waals surface area contributed by atoms with E-state index in [1.54, 1.807) is 14.2 Å². The lowest BCUT2D eigenvalue weighted by molar-refractivity contribution is -0.116. The number of aryl methyl sites for hydroxylation is 1. The van der Waals surface area contributed by atoms with Gasteiger partial charge in [0.2, 0.25) is 5.91 Å². The summed E-state index contributed by atoms with van der Waals surface area (Å²) < 4.78 is 10.8. The zero-order chi connectivity index (χ0) is 19.1. The summed E-state index contributed by atoms with van der Waals surface area (Å²) in [7, 11) is 3.24. The van der Waals surface area contributed by atoms with Crippen molar-refractivity contribution in [1.82, 2.24) is 0 Å². The summed E-state index contributed by atoms with van der Waals surface area (Å²) in [5.41, 5.74) is 1.89. The molecule has 0 atom stereocenters. The topological polar surface area (TPSA) is 47.6 Å². The van der Waals surface area contributed by atoms with E-state index in [2.05, 4.69) is 11.4 Å². The molecule has 1 aliphatic rings. The SMILES string of the molecule is COc1cccc(CCC(=O)Nc2ccccc2SC2CCCC2)c1OC. The molecule has 2 aromatic rings. The van der Waals surface area contributed by atoms with Gasteiger partial charge in [-0.15, -0.1) is 11.8 Å². The Kier molecular flexibility index (Phi) is 7.04. The van der Waals surface area contributed by atoms with E-state index < -0.39 is 0 Å². The van der Waals surface area contributed by atoms with Crippen molar-refractivity contribution in [1.29, 1.82) is 0 Å². The summed E-state index contributed by atoms with van der Waals surface area (Å²) >= 11 is 1.89. The number of amides is 1. The van der Waals surface area contributed by atoms with Crippen molar-refractivity contribution in [2.75, 3.05) is 19.5 Å². The molecule has 0 spiro atoms. The molecule has 0 saturated heterocycles. The van der Waals surface area contributed by atoms with Crippen LogP contribution < -0.4 is 14.8 Å². The standard InChI is InChI=1S/C22H27NO3S/c1-25-19-12-7-8-16(22(19)26-2)14-15-21(24)23-18-11-5-6-13-20(18)27-17-9-3-4-10-17/h5-8,11-13,17H,3-4,9-10,14-15H2,1-2H3,(H,23,24). The number of carbonyl (C=O) groups excluding carboxylic acids is 1. The fourth-order valence-electron chi connectivity index (χ4n) is 3.47. The summed E-state index contributed by atoms with van der Waals surface area (Å²) in [5, 5.41) is 3.76. The average Bonchev–Trinajstić information content (AvgIpc) is 3.20. The maximum absolute atomic E-state index is 12.5. The fourth-order valence-corrected chi connectivity index (χ4v) is 4.80. The Labute approximate surface area is 165 Å². The second-order valence-corrected chi connectivity index (χ2v) is 8.06. The average molecular weight is 386 g/mol. The van der Waals surface area contributed by atoms with Gasteiger partial charge in [0.15, 0.2) is 11.5 Å². The smallest absolute Gasteiger partial charge is 0.224 e. The number of methoxy groups -OCH3 is 2. The lowest BCUT2D eigenvalue weighted by Crippen LogP contribution is -2.13. The van der Waals surface area contributed by atoms with Gasteiger partial charge >= 0.3 is 0 Å². The van der Waals surface area contributed by atoms with Crippen LogP contribution in [0.15, 0.2) is 47.4 Å². The van der Waals surface area contributed by atoms with Crippen LogP contribution in [0.3, 0.4) is 0 Å². The van der Waals surface area contributed by atoms with E-state index in [-0.39, 0.29) is 5.91 Å². The normalized spacial score (nSPS) is 14.1. The molecule has 4 nitrogen and oxygen atoms in total. The van der Waals surface area contributed by atoms with E-state index in [0.717, 1.165) is 16.1 Å². The van der Waals surface area contributed by atoms with Crippen LogP contribution in [-0.2, 0) is 11.2 Å². The molecule has 2 aromatic carbocycles. The number of rotatable bonds is 8. The van der Waals surface area contributed by atoms with E-state index in [1.807, 2.05) is 48.2 Å². The van der Waals surface area contributed by atoms with Gasteiger partial charge < -0.3 is 14.8 Å². The molecule has 1 aliphatic carbocycles. The zero-order valence-electron chi connectivity index (χ0n) is 16.0. The van der Waals surface area contributed by atoms with Crippen molar-refractivity contribution in [3.63, 3.8) is 0 Å². The first-order valence-electron chi connectivity index (χ1n) is 9.46. The maximum atomic E-state index is 12.5. The summed E-state index contributed by atoms with van der Waals surface area (Å²) in [6, 6.07) is 13.8. The largest absolute Gasteiger partial charge is 0.493 e. The number of hydrogen-bond acceptors (Lipinski definition) is 4. The molecule has 27 heavy (non-hydrogen) atoms. The number of ether oxygens (including phenoxy) is 2. The van der Waals surface area contributed by atoms with E-state index in [9.17, 15) is 4.79 Å². The lowest BCUT2D eigenvalue weighted by atomic mass is 10.1. The van der Waals surface area contributed by atoms with Gasteiger partial charge in [-0.1, -0.05) is 37.1 Å². The predicted molar refractivity (Wildman–Crippen MR) is 111 cm³/mol. The van der Waals surface area contributed by atoms with Gasteiger partial charge in [0, 0.05) is 16.6 Å². The predicted octanol–water partition coefficient (Wildman–Crippen LogP) is 5.31. The first kappa shape index (κ1) is 19.6. The maximum Gasteiger partial charge on any atom is 0.224 e. The first-order valence-corrected chi connectivity index (χ1v) is 10.3. The molecule has 0 aromatic heterocycles. The Morgan fingerprint density at radius 2 is 1.85 bits per heavy atom. The van der Waals surface area contributed by atoms with Crippen molar-refractivity contribution in [3.8, 4) is 11.5 Å². The second-order valence-electron chi connectivity index (χ2n) is 6.72. The van der Waals surface area contributed by atoms with Crippen LogP contribution in [0.5, 0.6) is 11.5 Å². The Hall–Kier alpha value is -2.14. The third kappa shape index (κ3) is 5.19. The van der Waals surface area contributed by atoms with Crippen molar-refractivity contribution < 1.29 is 14.3 Å². The third-order valence-corrected chi connectivity index (χ3v) is 6.28.